The summed E-state index contributed by atoms with van der Waals surface area (Å²) < 4.78 is 0. The summed E-state index contributed by atoms with van der Waals surface area (Å²) in [5.41, 5.74) is 2.37. The van der Waals surface area contributed by atoms with Crippen molar-refractivity contribution in [3.8, 4) is 0 Å². The van der Waals surface area contributed by atoms with Gasteiger partial charge in [-0.1, -0.05) is 26.0 Å². The van der Waals surface area contributed by atoms with Gasteiger partial charge < -0.3 is 5.32 Å². The van der Waals surface area contributed by atoms with E-state index in [0.29, 0.717) is 5.69 Å². The Hall–Kier alpha value is -2.23. The highest BCUT2D eigenvalue weighted by atomic mass is 16.1. The summed E-state index contributed by atoms with van der Waals surface area (Å²) >= 11 is 0. The van der Waals surface area contributed by atoms with Crippen molar-refractivity contribution in [1.82, 2.24) is 15.3 Å². The summed E-state index contributed by atoms with van der Waals surface area (Å²) in [6, 6.07) is 7.90. The quantitative estimate of drug-likeness (QED) is 0.849. The molecule has 20 heavy (non-hydrogen) atoms. The van der Waals surface area contributed by atoms with E-state index in [1.54, 1.807) is 12.3 Å². The fourth-order valence-corrected chi connectivity index (χ4v) is 1.95. The molecule has 1 aromatic carbocycles. The van der Waals surface area contributed by atoms with Crippen LogP contribution in [0.15, 0.2) is 36.5 Å². The molecule has 1 amide bonds. The molecular weight excluding hydrogens is 250 g/mol. The number of nitrogens with one attached hydrogen (secondary N) is 1. The molecule has 0 atom stereocenters. The molecule has 0 aliphatic carbocycles. The molecule has 0 fully saturated rings. The lowest BCUT2D eigenvalue weighted by Crippen LogP contribution is -2.32. The molecule has 0 saturated carbocycles. The Labute approximate surface area is 118 Å². The largest absolute Gasteiger partial charge is 0.350 e. The molecule has 0 saturated heterocycles. The topological polar surface area (TPSA) is 54.9 Å². The third-order valence-corrected chi connectivity index (χ3v) is 3.20. The normalized spacial score (nSPS) is 11.3. The summed E-state index contributed by atoms with van der Waals surface area (Å²) in [7, 11) is 0. The Morgan fingerprint density at radius 2 is 1.95 bits per heavy atom. The number of nitrogens with zero attached hydrogens (tertiary/aromatic N) is 2. The maximum absolute atomic E-state index is 11.8. The smallest absolute Gasteiger partial charge is 0.244 e. The van der Waals surface area contributed by atoms with Crippen LogP contribution < -0.4 is 5.32 Å². The highest BCUT2D eigenvalue weighted by Crippen LogP contribution is 2.09. The van der Waals surface area contributed by atoms with Gasteiger partial charge in [-0.3, -0.25) is 9.78 Å². The predicted molar refractivity (Wildman–Crippen MR) is 81.1 cm³/mol. The summed E-state index contributed by atoms with van der Waals surface area (Å²) in [6.45, 7) is 4.12. The third-order valence-electron chi connectivity index (χ3n) is 3.20. The Balaban J connectivity index is 2.07. The zero-order valence-electron chi connectivity index (χ0n) is 11.8. The highest BCUT2D eigenvalue weighted by Gasteiger charge is 2.05. The molecule has 0 radical (unpaired) electrons. The summed E-state index contributed by atoms with van der Waals surface area (Å²) in [5.74, 6) is -0.0892. The van der Waals surface area contributed by atoms with Crippen LogP contribution in [0.4, 0.5) is 0 Å². The van der Waals surface area contributed by atoms with E-state index in [9.17, 15) is 4.79 Å². The van der Waals surface area contributed by atoms with Crippen LogP contribution >= 0.6 is 0 Å². The molecule has 1 heterocycles. The lowest BCUT2D eigenvalue weighted by Gasteiger charge is -2.12. The number of para-hydroxylation sites is 2. The van der Waals surface area contributed by atoms with Gasteiger partial charge >= 0.3 is 0 Å². The van der Waals surface area contributed by atoms with E-state index in [2.05, 4.69) is 29.1 Å². The van der Waals surface area contributed by atoms with Crippen molar-refractivity contribution in [2.45, 2.75) is 32.7 Å². The number of carbonyl (C=O) groups excluding carboxylic acids is 1. The van der Waals surface area contributed by atoms with Crippen LogP contribution in [0.2, 0.25) is 0 Å². The predicted octanol–water partition coefficient (Wildman–Crippen LogP) is 2.95. The van der Waals surface area contributed by atoms with Gasteiger partial charge in [-0.2, -0.15) is 0 Å². The number of hydrogen-bond donors (Lipinski definition) is 1. The second-order valence-corrected chi connectivity index (χ2v) is 4.64. The zero-order chi connectivity index (χ0) is 14.4. The van der Waals surface area contributed by atoms with Gasteiger partial charge in [-0.25, -0.2) is 4.98 Å². The van der Waals surface area contributed by atoms with Gasteiger partial charge in [0.1, 0.15) is 0 Å². The van der Waals surface area contributed by atoms with Gasteiger partial charge in [0.05, 0.1) is 22.9 Å². The van der Waals surface area contributed by atoms with Crippen molar-refractivity contribution >= 4 is 23.0 Å². The van der Waals surface area contributed by atoms with Crippen LogP contribution in [0, 0.1) is 0 Å². The van der Waals surface area contributed by atoms with Crippen molar-refractivity contribution in [3.05, 3.63) is 42.2 Å². The van der Waals surface area contributed by atoms with E-state index in [-0.39, 0.29) is 11.9 Å². The number of hydrogen-bond acceptors (Lipinski definition) is 3. The minimum atomic E-state index is -0.0892. The maximum Gasteiger partial charge on any atom is 0.244 e. The van der Waals surface area contributed by atoms with Crippen LogP contribution in [-0.4, -0.2) is 21.9 Å². The van der Waals surface area contributed by atoms with Gasteiger partial charge in [0, 0.05) is 12.1 Å². The molecule has 4 nitrogen and oxygen atoms in total. The molecule has 1 aromatic heterocycles. The van der Waals surface area contributed by atoms with E-state index in [0.717, 1.165) is 23.9 Å². The number of rotatable bonds is 5. The zero-order valence-corrected chi connectivity index (χ0v) is 11.8. The lowest BCUT2D eigenvalue weighted by molar-refractivity contribution is -0.117. The molecule has 4 heteroatoms. The monoisotopic (exact) mass is 269 g/mol. The van der Waals surface area contributed by atoms with Crippen LogP contribution in [0.1, 0.15) is 32.4 Å². The Morgan fingerprint density at radius 1 is 1.25 bits per heavy atom. The fraction of sp³-hybridized carbons (Fsp3) is 0.312. The van der Waals surface area contributed by atoms with Gasteiger partial charge in [-0.05, 0) is 31.1 Å². The Morgan fingerprint density at radius 3 is 2.65 bits per heavy atom. The minimum Gasteiger partial charge on any atom is -0.350 e. The van der Waals surface area contributed by atoms with Crippen molar-refractivity contribution in [2.75, 3.05) is 0 Å². The van der Waals surface area contributed by atoms with Gasteiger partial charge in [0.15, 0.2) is 0 Å². The number of fused-ring (bicyclic) bond motifs is 1. The van der Waals surface area contributed by atoms with Crippen LogP contribution in [0.25, 0.3) is 17.1 Å². The molecule has 0 unspecified atom stereocenters. The number of benzene rings is 1. The van der Waals surface area contributed by atoms with Crippen LogP contribution in [0.3, 0.4) is 0 Å². The highest BCUT2D eigenvalue weighted by molar-refractivity contribution is 5.91. The number of amides is 1. The first kappa shape index (κ1) is 14.2. The molecule has 2 rings (SSSR count). The van der Waals surface area contributed by atoms with E-state index in [1.807, 2.05) is 24.3 Å². The standard InChI is InChI=1S/C16H19N3O/c1-3-12(4-2)19-16(20)10-9-13-11-17-14-7-5-6-8-15(14)18-13/h5-12H,3-4H2,1-2H3,(H,19,20). The lowest BCUT2D eigenvalue weighted by atomic mass is 10.2. The maximum atomic E-state index is 11.8. The Bertz CT molecular complexity index is 618. The molecule has 0 aliphatic heterocycles. The van der Waals surface area contributed by atoms with Crippen LogP contribution in [0.5, 0.6) is 0 Å². The van der Waals surface area contributed by atoms with E-state index in [4.69, 9.17) is 0 Å². The van der Waals surface area contributed by atoms with Crippen molar-refractivity contribution < 1.29 is 4.79 Å². The first-order valence-corrected chi connectivity index (χ1v) is 6.93. The molecule has 0 bridgehead atoms. The van der Waals surface area contributed by atoms with Gasteiger partial charge in [0.25, 0.3) is 0 Å². The molecule has 2 aromatic rings. The SMILES string of the molecule is CCC(CC)NC(=O)C=Cc1cnc2ccccc2n1. The molecule has 0 spiro atoms. The second kappa shape index (κ2) is 6.80. The molecule has 0 aliphatic rings. The van der Waals surface area contributed by atoms with Gasteiger partial charge in [-0.15, -0.1) is 0 Å². The van der Waals surface area contributed by atoms with Crippen molar-refractivity contribution in [3.63, 3.8) is 0 Å². The van der Waals surface area contributed by atoms with E-state index in [1.165, 1.54) is 6.08 Å². The fourth-order valence-electron chi connectivity index (χ4n) is 1.95. The van der Waals surface area contributed by atoms with E-state index >= 15 is 0 Å². The first-order chi connectivity index (χ1) is 9.72. The van der Waals surface area contributed by atoms with Crippen molar-refractivity contribution in [1.29, 1.82) is 0 Å². The molecule has 1 N–H and O–H groups in total. The molecule has 104 valence electrons. The van der Waals surface area contributed by atoms with E-state index < -0.39 is 0 Å². The Kier molecular flexibility index (Phi) is 4.82. The average molecular weight is 269 g/mol. The third kappa shape index (κ3) is 3.63. The number of aromatic nitrogens is 2. The summed E-state index contributed by atoms with van der Waals surface area (Å²) in [5, 5.41) is 2.95. The summed E-state index contributed by atoms with van der Waals surface area (Å²) in [4.78, 5) is 20.5. The molecular formula is C16H19N3O. The first-order valence-electron chi connectivity index (χ1n) is 6.93. The minimum absolute atomic E-state index is 0.0892. The summed E-state index contributed by atoms with van der Waals surface area (Å²) in [6.07, 6.45) is 6.75. The van der Waals surface area contributed by atoms with Crippen molar-refractivity contribution in [2.24, 2.45) is 0 Å². The van der Waals surface area contributed by atoms with Gasteiger partial charge in [0.2, 0.25) is 5.91 Å². The second-order valence-electron chi connectivity index (χ2n) is 4.64. The average Bonchev–Trinajstić information content (AvgIpc) is 2.50. The number of carbonyl (C=O) groups is 1. The van der Waals surface area contributed by atoms with Crippen LogP contribution in [-0.2, 0) is 4.79 Å².